The molecule has 5 heteroatoms. The molecular formula is C18H24BrNO3. The van der Waals surface area contributed by atoms with Crippen LogP contribution in [-0.2, 0) is 4.74 Å². The lowest BCUT2D eigenvalue weighted by atomic mass is 9.75. The molecule has 2 fully saturated rings. The molecule has 1 aromatic carbocycles. The van der Waals surface area contributed by atoms with Crippen molar-refractivity contribution in [1.29, 1.82) is 0 Å². The predicted octanol–water partition coefficient (Wildman–Crippen LogP) is 4.42. The molecule has 1 heterocycles. The SMILES string of the molecule is C[C@@H](c1ccc(Br)cc1)N1CC[C@]2(CC[C@](C)(O)CC2)OC1=O. The lowest BCUT2D eigenvalue weighted by Crippen LogP contribution is -2.53. The van der Waals surface area contributed by atoms with E-state index in [9.17, 15) is 9.90 Å². The monoisotopic (exact) mass is 381 g/mol. The Morgan fingerprint density at radius 3 is 2.35 bits per heavy atom. The van der Waals surface area contributed by atoms with Gasteiger partial charge in [-0.05, 0) is 57.2 Å². The average Bonchev–Trinajstić information content (AvgIpc) is 2.51. The Bertz CT molecular complexity index is 574. The molecule has 2 aliphatic rings. The van der Waals surface area contributed by atoms with Crippen LogP contribution in [0.1, 0.15) is 57.6 Å². The van der Waals surface area contributed by atoms with Gasteiger partial charge in [-0.1, -0.05) is 28.1 Å². The van der Waals surface area contributed by atoms with Crippen LogP contribution in [-0.4, -0.2) is 33.8 Å². The van der Waals surface area contributed by atoms with Gasteiger partial charge in [0, 0.05) is 17.4 Å². The third-order valence-corrected chi connectivity index (χ3v) is 5.93. The van der Waals surface area contributed by atoms with Gasteiger partial charge in [-0.2, -0.15) is 0 Å². The summed E-state index contributed by atoms with van der Waals surface area (Å²) < 4.78 is 6.88. The summed E-state index contributed by atoms with van der Waals surface area (Å²) >= 11 is 3.43. The van der Waals surface area contributed by atoms with Crippen molar-refractivity contribution in [3.63, 3.8) is 0 Å². The Morgan fingerprint density at radius 2 is 1.78 bits per heavy atom. The second kappa shape index (κ2) is 6.10. The van der Waals surface area contributed by atoms with E-state index in [1.165, 1.54) is 0 Å². The Morgan fingerprint density at radius 1 is 1.17 bits per heavy atom. The number of halogens is 1. The van der Waals surface area contributed by atoms with Crippen molar-refractivity contribution in [1.82, 2.24) is 4.90 Å². The van der Waals surface area contributed by atoms with Gasteiger partial charge >= 0.3 is 6.09 Å². The number of carbonyl (C=O) groups is 1. The number of nitrogens with zero attached hydrogens (tertiary/aromatic N) is 1. The summed E-state index contributed by atoms with van der Waals surface area (Å²) in [4.78, 5) is 14.3. The van der Waals surface area contributed by atoms with E-state index in [0.29, 0.717) is 19.4 Å². The highest BCUT2D eigenvalue weighted by atomic mass is 79.9. The molecule has 1 aliphatic heterocycles. The summed E-state index contributed by atoms with van der Waals surface area (Å²) in [5.74, 6) is 0. The Hall–Kier alpha value is -1.07. The minimum Gasteiger partial charge on any atom is -0.443 e. The first-order valence-corrected chi connectivity index (χ1v) is 9.07. The second-order valence-electron chi connectivity index (χ2n) is 7.22. The summed E-state index contributed by atoms with van der Waals surface area (Å²) in [6.45, 7) is 4.61. The molecule has 0 radical (unpaired) electrons. The van der Waals surface area contributed by atoms with Gasteiger partial charge in [0.2, 0.25) is 0 Å². The van der Waals surface area contributed by atoms with Gasteiger partial charge in [0.25, 0.3) is 0 Å². The van der Waals surface area contributed by atoms with Crippen molar-refractivity contribution in [2.24, 2.45) is 0 Å². The first-order valence-electron chi connectivity index (χ1n) is 8.28. The van der Waals surface area contributed by atoms with Crippen molar-refractivity contribution < 1.29 is 14.6 Å². The topological polar surface area (TPSA) is 49.8 Å². The normalized spacial score (nSPS) is 32.7. The molecule has 1 atom stereocenters. The molecule has 1 N–H and O–H groups in total. The number of benzene rings is 1. The maximum absolute atomic E-state index is 12.5. The zero-order chi connectivity index (χ0) is 16.7. The summed E-state index contributed by atoms with van der Waals surface area (Å²) in [7, 11) is 0. The average molecular weight is 382 g/mol. The number of amides is 1. The summed E-state index contributed by atoms with van der Waals surface area (Å²) in [6, 6.07) is 8.05. The molecule has 4 nitrogen and oxygen atoms in total. The molecule has 3 rings (SSSR count). The first-order chi connectivity index (χ1) is 10.8. The number of carbonyl (C=O) groups excluding carboxylic acids is 1. The van der Waals surface area contributed by atoms with Crippen LogP contribution < -0.4 is 0 Å². The second-order valence-corrected chi connectivity index (χ2v) is 8.13. The van der Waals surface area contributed by atoms with Gasteiger partial charge in [0.05, 0.1) is 11.6 Å². The highest BCUT2D eigenvalue weighted by Gasteiger charge is 2.46. The van der Waals surface area contributed by atoms with Crippen LogP contribution in [0, 0.1) is 0 Å². The Kier molecular flexibility index (Phi) is 4.45. The highest BCUT2D eigenvalue weighted by Crippen LogP contribution is 2.42. The quantitative estimate of drug-likeness (QED) is 0.824. The molecule has 1 amide bonds. The molecule has 1 aliphatic carbocycles. The third-order valence-electron chi connectivity index (χ3n) is 5.40. The van der Waals surface area contributed by atoms with Gasteiger partial charge in [-0.15, -0.1) is 0 Å². The van der Waals surface area contributed by atoms with Gasteiger partial charge in [-0.25, -0.2) is 4.79 Å². The standard InChI is InChI=1S/C18H24BrNO3/c1-13(14-3-5-15(19)6-4-14)20-12-11-18(23-16(20)21)9-7-17(2,22)8-10-18/h3-6,13,22H,7-12H2,1-2H3/t13-,17-,18+/m0/s1. The zero-order valence-electron chi connectivity index (χ0n) is 13.7. The van der Waals surface area contributed by atoms with Gasteiger partial charge in [-0.3, -0.25) is 0 Å². The largest absolute Gasteiger partial charge is 0.443 e. The summed E-state index contributed by atoms with van der Waals surface area (Å²) in [5, 5.41) is 10.1. The maximum Gasteiger partial charge on any atom is 0.410 e. The summed E-state index contributed by atoms with van der Waals surface area (Å²) in [6.07, 6.45) is 3.52. The number of aliphatic hydroxyl groups is 1. The van der Waals surface area contributed by atoms with Crippen LogP contribution in [0.3, 0.4) is 0 Å². The molecule has 126 valence electrons. The lowest BCUT2D eigenvalue weighted by Gasteiger charge is -2.47. The van der Waals surface area contributed by atoms with Crippen LogP contribution in [0.15, 0.2) is 28.7 Å². The van der Waals surface area contributed by atoms with Crippen LogP contribution in [0.25, 0.3) is 0 Å². The molecule has 0 unspecified atom stereocenters. The van der Waals surface area contributed by atoms with Crippen molar-refractivity contribution in [3.05, 3.63) is 34.3 Å². The molecule has 1 spiro atoms. The molecule has 1 saturated carbocycles. The fourth-order valence-corrected chi connectivity index (χ4v) is 3.84. The van der Waals surface area contributed by atoms with Crippen molar-refractivity contribution >= 4 is 22.0 Å². The van der Waals surface area contributed by atoms with Crippen LogP contribution in [0.5, 0.6) is 0 Å². The van der Waals surface area contributed by atoms with E-state index in [1.54, 1.807) is 4.90 Å². The molecule has 23 heavy (non-hydrogen) atoms. The minimum absolute atomic E-state index is 0.000326. The third kappa shape index (κ3) is 3.56. The van der Waals surface area contributed by atoms with E-state index >= 15 is 0 Å². The molecular weight excluding hydrogens is 358 g/mol. The van der Waals surface area contributed by atoms with Crippen LogP contribution >= 0.6 is 15.9 Å². The highest BCUT2D eigenvalue weighted by molar-refractivity contribution is 9.10. The smallest absolute Gasteiger partial charge is 0.410 e. The fraction of sp³-hybridized carbons (Fsp3) is 0.611. The zero-order valence-corrected chi connectivity index (χ0v) is 15.3. The van der Waals surface area contributed by atoms with Crippen LogP contribution in [0.2, 0.25) is 0 Å². The van der Waals surface area contributed by atoms with E-state index in [0.717, 1.165) is 29.3 Å². The number of ether oxygens (including phenoxy) is 1. The molecule has 1 saturated heterocycles. The van der Waals surface area contributed by atoms with Crippen molar-refractivity contribution in [2.45, 2.75) is 63.2 Å². The number of hydrogen-bond donors (Lipinski definition) is 1. The van der Waals surface area contributed by atoms with Gasteiger partial charge in [0.1, 0.15) is 5.60 Å². The summed E-state index contributed by atoms with van der Waals surface area (Å²) in [5.41, 5.74) is 0.127. The van der Waals surface area contributed by atoms with Crippen LogP contribution in [0.4, 0.5) is 4.79 Å². The molecule has 0 aromatic heterocycles. The Labute approximate surface area is 145 Å². The van der Waals surface area contributed by atoms with E-state index in [-0.39, 0.29) is 17.7 Å². The van der Waals surface area contributed by atoms with Crippen molar-refractivity contribution in [2.75, 3.05) is 6.54 Å². The van der Waals surface area contributed by atoms with E-state index < -0.39 is 5.60 Å². The maximum atomic E-state index is 12.5. The first kappa shape index (κ1) is 16.8. The number of hydrogen-bond acceptors (Lipinski definition) is 3. The minimum atomic E-state index is -0.612. The molecule has 1 aromatic rings. The Balaban J connectivity index is 1.67. The molecule has 0 bridgehead atoms. The van der Waals surface area contributed by atoms with E-state index in [2.05, 4.69) is 15.9 Å². The van der Waals surface area contributed by atoms with Gasteiger partial charge in [0.15, 0.2) is 0 Å². The van der Waals surface area contributed by atoms with E-state index in [1.807, 2.05) is 38.1 Å². The fourth-order valence-electron chi connectivity index (χ4n) is 3.58. The number of rotatable bonds is 2. The van der Waals surface area contributed by atoms with Crippen molar-refractivity contribution in [3.8, 4) is 0 Å². The lowest BCUT2D eigenvalue weighted by molar-refractivity contribution is -0.111. The van der Waals surface area contributed by atoms with Gasteiger partial charge < -0.3 is 14.7 Å². The predicted molar refractivity (Wildman–Crippen MR) is 92.2 cm³/mol. The van der Waals surface area contributed by atoms with E-state index in [4.69, 9.17) is 4.74 Å².